The van der Waals surface area contributed by atoms with E-state index in [2.05, 4.69) is 230 Å². The average molecular weight is 1870 g/mol. The van der Waals surface area contributed by atoms with Crippen LogP contribution in [0.2, 0.25) is 20.1 Å². The second-order valence-corrected chi connectivity index (χ2v) is 40.0. The normalized spacial score (nSPS) is 17.0. The lowest BCUT2D eigenvalue weighted by Gasteiger charge is -2.28. The van der Waals surface area contributed by atoms with Crippen LogP contribution in [-0.2, 0) is 38.5 Å². The molecule has 12 heterocycles. The smallest absolute Gasteiger partial charge is 0.126 e. The highest BCUT2D eigenvalue weighted by atomic mass is 35.5. The van der Waals surface area contributed by atoms with E-state index in [-0.39, 0.29) is 11.6 Å². The minimum atomic E-state index is -0.139. The van der Waals surface area contributed by atoms with Crippen LogP contribution >= 0.6 is 46.4 Å². The van der Waals surface area contributed by atoms with Gasteiger partial charge in [0.05, 0.1) is 78.4 Å². The van der Waals surface area contributed by atoms with E-state index in [0.29, 0.717) is 11.1 Å². The summed E-state index contributed by atoms with van der Waals surface area (Å²) in [6, 6.07) is 76.4. The Morgan fingerprint density at radius 2 is 0.407 bits per heavy atom. The molecule has 0 aliphatic carbocycles. The number of nitrogens with zero attached hydrogens (tertiary/aromatic N) is 12. The number of fused-ring (bicyclic) bond motifs is 6. The van der Waals surface area contributed by atoms with Crippen LogP contribution in [0.3, 0.4) is 0 Å². The van der Waals surface area contributed by atoms with Gasteiger partial charge in [-0.05, 0) is 371 Å². The molecule has 0 unspecified atom stereocenters. The molecule has 12 aromatic carbocycles. The first kappa shape index (κ1) is 92.5. The lowest BCUT2D eigenvalue weighted by atomic mass is 10.0. The van der Waals surface area contributed by atoms with Crippen molar-refractivity contribution in [1.82, 2.24) is 0 Å². The highest BCUT2D eigenvalue weighted by Crippen LogP contribution is 2.43. The van der Waals surface area contributed by atoms with Crippen molar-refractivity contribution in [3.63, 3.8) is 0 Å². The Hall–Kier alpha value is -11.5. The molecular formula is C117H120Cl4F2N12. The monoisotopic (exact) mass is 1870 g/mol. The zero-order valence-corrected chi connectivity index (χ0v) is 81.8. The van der Waals surface area contributed by atoms with E-state index in [1.54, 1.807) is 26.0 Å². The first-order chi connectivity index (χ1) is 65.7. The predicted octanol–water partition coefficient (Wildman–Crippen LogP) is 29.7. The molecule has 0 amide bonds. The van der Waals surface area contributed by atoms with Crippen LogP contribution < -0.4 is 29.4 Å². The van der Waals surface area contributed by atoms with Gasteiger partial charge in [0.15, 0.2) is 0 Å². The predicted molar refractivity (Wildman–Crippen MR) is 568 cm³/mol. The summed E-state index contributed by atoms with van der Waals surface area (Å²) < 4.78 is 27.4. The third-order valence-electron chi connectivity index (χ3n) is 28.5. The molecule has 12 nitrogen and oxygen atoms in total. The number of hydrogen-bond acceptors (Lipinski definition) is 12. The van der Waals surface area contributed by atoms with Gasteiger partial charge >= 0.3 is 0 Å². The molecule has 690 valence electrons. The van der Waals surface area contributed by atoms with Gasteiger partial charge in [0.1, 0.15) is 11.6 Å². The van der Waals surface area contributed by atoms with Crippen LogP contribution in [0, 0.1) is 53.2 Å². The molecule has 0 saturated carbocycles. The third kappa shape index (κ3) is 21.8. The van der Waals surface area contributed by atoms with Gasteiger partial charge in [0.2, 0.25) is 0 Å². The van der Waals surface area contributed by atoms with Crippen LogP contribution in [0.15, 0.2) is 248 Å². The molecule has 0 N–H and O–H groups in total. The van der Waals surface area contributed by atoms with Gasteiger partial charge in [-0.1, -0.05) is 131 Å². The Balaban J connectivity index is 0.000000104. The molecule has 6 fully saturated rings. The lowest BCUT2D eigenvalue weighted by molar-refractivity contribution is 0.578. The number of anilines is 6. The first-order valence-electron chi connectivity index (χ1n) is 49.1. The number of aryl methyl sites for hydroxylation is 6. The standard InChI is InChI=1S/2C20H21ClN2.C20H21FN2.2C19H19ClN2.C19H19FN2/c1-14-11-19-16(12-18(14)21)13-20(22-19)15-5-7-17(8-6-15)23-9-3-2-4-10-23;1-14-11-16-13-19(22-20(16)18(21)12-14)15-5-7-17(8-6-15)23-9-3-2-4-10-23;1-14-11-19-16(12-18(14)21)13-20(22-19)15-5-7-17(8-6-15)23-9-3-2-4-10-23;1-13-10-18-15(11-17(13)20)12-19(21-18)14-4-6-16(7-5-14)22-8-2-3-9-22;1-13-10-15-12-18(21-19(15)17(20)11-13)14-4-6-16(7-5-14)22-8-2-3-9-22;1-13-10-18-15(11-17(13)20)12-19(21-18)14-4-6-16(7-5-14)22-8-2-3-9-22/h3*5-8,11-12H,2-4,9-10,13H2,1H3;3*4-7,10-11H,2-3,8-9,12H2,1H3. The third-order valence-corrected chi connectivity index (χ3v) is 29.8. The molecule has 0 radical (unpaired) electrons. The minimum Gasteiger partial charge on any atom is -0.372 e. The van der Waals surface area contributed by atoms with Crippen molar-refractivity contribution >= 4 is 149 Å². The maximum absolute atomic E-state index is 13.7. The largest absolute Gasteiger partial charge is 0.372 e. The van der Waals surface area contributed by atoms with E-state index in [0.717, 1.165) is 187 Å². The second-order valence-electron chi connectivity index (χ2n) is 38.3. The van der Waals surface area contributed by atoms with E-state index in [1.165, 1.54) is 238 Å². The van der Waals surface area contributed by atoms with Crippen molar-refractivity contribution in [2.45, 2.75) is 176 Å². The molecule has 0 aromatic heterocycles. The van der Waals surface area contributed by atoms with Crippen LogP contribution in [0.5, 0.6) is 0 Å². The van der Waals surface area contributed by atoms with Crippen molar-refractivity contribution in [3.8, 4) is 0 Å². The van der Waals surface area contributed by atoms with E-state index >= 15 is 0 Å². The molecular weight excluding hydrogens is 1750 g/mol. The van der Waals surface area contributed by atoms with Crippen LogP contribution in [0.4, 0.5) is 77.0 Å². The molecule has 18 heteroatoms. The highest BCUT2D eigenvalue weighted by Gasteiger charge is 2.28. The molecule has 135 heavy (non-hydrogen) atoms. The number of halogens is 6. The Morgan fingerprint density at radius 1 is 0.207 bits per heavy atom. The molecule has 12 aliphatic rings. The zero-order chi connectivity index (χ0) is 92.7. The van der Waals surface area contributed by atoms with Crippen LogP contribution in [0.1, 0.15) is 196 Å². The summed E-state index contributed by atoms with van der Waals surface area (Å²) in [7, 11) is 0. The fourth-order valence-corrected chi connectivity index (χ4v) is 21.7. The van der Waals surface area contributed by atoms with Crippen LogP contribution in [-0.4, -0.2) is 113 Å². The number of piperidine rings is 3. The number of benzene rings is 12. The summed E-state index contributed by atoms with van der Waals surface area (Å²) >= 11 is 25.1. The maximum Gasteiger partial charge on any atom is 0.126 e. The van der Waals surface area contributed by atoms with Crippen molar-refractivity contribution in [3.05, 3.63) is 350 Å². The topological polar surface area (TPSA) is 93.6 Å². The molecule has 0 bridgehead atoms. The summed E-state index contributed by atoms with van der Waals surface area (Å²) in [4.78, 5) is 43.3. The first-order valence-corrected chi connectivity index (χ1v) is 50.6. The van der Waals surface area contributed by atoms with Crippen molar-refractivity contribution in [2.75, 3.05) is 108 Å². The summed E-state index contributed by atoms with van der Waals surface area (Å²) in [5, 5.41) is 3.19. The van der Waals surface area contributed by atoms with Gasteiger partial charge in [-0.2, -0.15) is 0 Å². The fourth-order valence-electron chi connectivity index (χ4n) is 20.7. The van der Waals surface area contributed by atoms with Crippen molar-refractivity contribution in [2.24, 2.45) is 30.0 Å². The Bertz CT molecular complexity index is 6280. The summed E-state index contributed by atoms with van der Waals surface area (Å²) in [5.74, 6) is -0.278. The maximum atomic E-state index is 13.7. The Labute approximate surface area is 816 Å². The van der Waals surface area contributed by atoms with Gasteiger partial charge in [0, 0.05) is 161 Å². The number of rotatable bonds is 12. The molecule has 0 spiro atoms. The summed E-state index contributed by atoms with van der Waals surface area (Å²) in [6.07, 6.45) is 24.6. The zero-order valence-electron chi connectivity index (χ0n) is 78.8. The molecule has 12 aliphatic heterocycles. The van der Waals surface area contributed by atoms with E-state index in [4.69, 9.17) is 71.4 Å². The van der Waals surface area contributed by atoms with Crippen molar-refractivity contribution in [1.29, 1.82) is 0 Å². The van der Waals surface area contributed by atoms with E-state index in [9.17, 15) is 8.78 Å². The lowest BCUT2D eigenvalue weighted by Crippen LogP contribution is -2.29. The van der Waals surface area contributed by atoms with Gasteiger partial charge in [0.25, 0.3) is 0 Å². The SMILES string of the molecule is Cc1cc(Cl)c2c(c1)CC(c1ccc(N3CCCC3)cc1)=N2.Cc1cc(Cl)c2c(c1)CC(c1ccc(N3CCCCC3)cc1)=N2.Cc1cc2c(cc1Cl)CC(c1ccc(N3CCCC3)cc1)=N2.Cc1cc2c(cc1Cl)CC(c1ccc(N3CCCCC3)cc1)=N2.Cc1cc2c(cc1F)CC(c1ccc(N3CCCC3)cc1)=N2.Cc1cc2c(cc1F)CC(c1ccc(N3CCCCC3)cc1)=N2. The number of hydrogen-bond donors (Lipinski definition) is 0. The number of aliphatic imine (C=N–C) groups is 6. The van der Waals surface area contributed by atoms with Gasteiger partial charge in [-0.15, -0.1) is 0 Å². The van der Waals surface area contributed by atoms with Gasteiger partial charge in [-0.3, -0.25) is 30.0 Å². The van der Waals surface area contributed by atoms with E-state index in [1.807, 2.05) is 38.1 Å². The second kappa shape index (κ2) is 42.0. The molecule has 0 atom stereocenters. The summed E-state index contributed by atoms with van der Waals surface area (Å²) in [6.45, 7) is 25.9. The quantitative estimate of drug-likeness (QED) is 0.121. The highest BCUT2D eigenvalue weighted by molar-refractivity contribution is 6.35. The molecule has 24 rings (SSSR count). The molecule has 12 aromatic rings. The van der Waals surface area contributed by atoms with Crippen molar-refractivity contribution < 1.29 is 8.78 Å². The minimum absolute atomic E-state index is 0.138. The summed E-state index contributed by atoms with van der Waals surface area (Å²) in [5.41, 5.74) is 40.3. The van der Waals surface area contributed by atoms with E-state index < -0.39 is 0 Å². The Morgan fingerprint density at radius 3 is 0.644 bits per heavy atom. The fraction of sp³-hybridized carbons (Fsp3) is 0.333. The Kier molecular flexibility index (Phi) is 28.8. The average Bonchev–Trinajstić information content (AvgIpc) is 2.07. The van der Waals surface area contributed by atoms with Crippen LogP contribution in [0.25, 0.3) is 0 Å². The van der Waals surface area contributed by atoms with Gasteiger partial charge < -0.3 is 29.4 Å². The molecule has 6 saturated heterocycles. The van der Waals surface area contributed by atoms with Gasteiger partial charge in [-0.25, -0.2) is 8.78 Å².